The molecule has 1 aromatic heterocycles. The number of nitrogens with zero attached hydrogens (tertiary/aromatic N) is 3. The minimum Gasteiger partial charge on any atom is -0.373 e. The highest BCUT2D eigenvalue weighted by atomic mass is 16.2. The Bertz CT molecular complexity index is 670. The standard InChI is InChI=1S/C14H15N5O/c1-16-12-6-13(18-8-17-12)19-11-3-2-9(7-15)4-10(11)5-14(19)20/h2-4,6,8H,5,7,15H2,1H3,(H,16,17,18). The van der Waals surface area contributed by atoms with Gasteiger partial charge in [0.2, 0.25) is 5.91 Å². The van der Waals surface area contributed by atoms with Crippen LogP contribution in [0.2, 0.25) is 0 Å². The van der Waals surface area contributed by atoms with Crippen LogP contribution in [0.4, 0.5) is 17.3 Å². The van der Waals surface area contributed by atoms with Crippen LogP contribution < -0.4 is 16.0 Å². The SMILES string of the molecule is CNc1cc(N2C(=O)Cc3cc(CN)ccc32)ncn1. The highest BCUT2D eigenvalue weighted by Gasteiger charge is 2.29. The maximum absolute atomic E-state index is 12.2. The number of nitrogens with one attached hydrogen (secondary N) is 1. The molecular weight excluding hydrogens is 254 g/mol. The molecule has 1 amide bonds. The molecule has 0 bridgehead atoms. The van der Waals surface area contributed by atoms with Crippen LogP contribution in [0.1, 0.15) is 11.1 Å². The fourth-order valence-electron chi connectivity index (χ4n) is 2.36. The molecule has 0 atom stereocenters. The van der Waals surface area contributed by atoms with E-state index in [1.807, 2.05) is 18.2 Å². The predicted molar refractivity (Wildman–Crippen MR) is 76.8 cm³/mol. The first-order valence-electron chi connectivity index (χ1n) is 6.37. The fraction of sp³-hybridized carbons (Fsp3) is 0.214. The molecule has 3 N–H and O–H groups in total. The van der Waals surface area contributed by atoms with E-state index in [0.29, 0.717) is 24.6 Å². The Kier molecular flexibility index (Phi) is 3.08. The van der Waals surface area contributed by atoms with E-state index in [-0.39, 0.29) is 5.91 Å². The lowest BCUT2D eigenvalue weighted by molar-refractivity contribution is -0.116. The summed E-state index contributed by atoms with van der Waals surface area (Å²) in [5.74, 6) is 1.26. The van der Waals surface area contributed by atoms with Crippen LogP contribution in [0.15, 0.2) is 30.6 Å². The second-order valence-corrected chi connectivity index (χ2v) is 4.58. The quantitative estimate of drug-likeness (QED) is 0.874. The third-order valence-electron chi connectivity index (χ3n) is 3.35. The first-order valence-corrected chi connectivity index (χ1v) is 6.37. The van der Waals surface area contributed by atoms with Gasteiger partial charge in [0, 0.05) is 19.7 Å². The molecule has 1 aromatic carbocycles. The first kappa shape index (κ1) is 12.6. The molecule has 6 nitrogen and oxygen atoms in total. The van der Waals surface area contributed by atoms with Gasteiger partial charge in [-0.3, -0.25) is 9.69 Å². The summed E-state index contributed by atoms with van der Waals surface area (Å²) in [6.07, 6.45) is 1.82. The topological polar surface area (TPSA) is 84.1 Å². The van der Waals surface area contributed by atoms with E-state index in [4.69, 9.17) is 5.73 Å². The van der Waals surface area contributed by atoms with Gasteiger partial charge in [0.15, 0.2) is 0 Å². The highest BCUT2D eigenvalue weighted by Crippen LogP contribution is 2.35. The molecule has 0 radical (unpaired) electrons. The zero-order chi connectivity index (χ0) is 14.1. The number of nitrogens with two attached hydrogens (primary N) is 1. The number of benzene rings is 1. The molecule has 2 aromatic rings. The molecule has 0 fully saturated rings. The van der Waals surface area contributed by atoms with E-state index < -0.39 is 0 Å². The number of fused-ring (bicyclic) bond motifs is 1. The third kappa shape index (κ3) is 2.00. The van der Waals surface area contributed by atoms with E-state index in [0.717, 1.165) is 16.8 Å². The minimum absolute atomic E-state index is 0.00919. The smallest absolute Gasteiger partial charge is 0.237 e. The van der Waals surface area contributed by atoms with Gasteiger partial charge >= 0.3 is 0 Å². The van der Waals surface area contributed by atoms with Crippen LogP contribution in [0, 0.1) is 0 Å². The Labute approximate surface area is 116 Å². The van der Waals surface area contributed by atoms with Crippen molar-refractivity contribution in [2.75, 3.05) is 17.3 Å². The van der Waals surface area contributed by atoms with Crippen molar-refractivity contribution < 1.29 is 4.79 Å². The summed E-state index contributed by atoms with van der Waals surface area (Å²) >= 11 is 0. The molecule has 102 valence electrons. The van der Waals surface area contributed by atoms with Crippen molar-refractivity contribution in [3.05, 3.63) is 41.7 Å². The van der Waals surface area contributed by atoms with E-state index in [1.54, 1.807) is 18.0 Å². The van der Waals surface area contributed by atoms with Gasteiger partial charge in [0.25, 0.3) is 0 Å². The maximum atomic E-state index is 12.2. The summed E-state index contributed by atoms with van der Waals surface area (Å²) in [7, 11) is 1.78. The van der Waals surface area contributed by atoms with Gasteiger partial charge in [-0.25, -0.2) is 9.97 Å². The number of hydrogen-bond donors (Lipinski definition) is 2. The zero-order valence-corrected chi connectivity index (χ0v) is 11.1. The van der Waals surface area contributed by atoms with Crippen molar-refractivity contribution in [2.24, 2.45) is 5.73 Å². The van der Waals surface area contributed by atoms with E-state index in [2.05, 4.69) is 15.3 Å². The van der Waals surface area contributed by atoms with Crippen LogP contribution in [0.3, 0.4) is 0 Å². The fourth-order valence-corrected chi connectivity index (χ4v) is 2.36. The zero-order valence-electron chi connectivity index (χ0n) is 11.1. The number of amides is 1. The van der Waals surface area contributed by atoms with Crippen molar-refractivity contribution in [3.8, 4) is 0 Å². The molecule has 0 aliphatic carbocycles. The summed E-state index contributed by atoms with van der Waals surface area (Å²) in [4.78, 5) is 22.1. The average molecular weight is 269 g/mol. The van der Waals surface area contributed by atoms with E-state index in [1.165, 1.54) is 6.33 Å². The van der Waals surface area contributed by atoms with E-state index in [9.17, 15) is 4.79 Å². The summed E-state index contributed by atoms with van der Waals surface area (Å²) in [5, 5.41) is 2.94. The summed E-state index contributed by atoms with van der Waals surface area (Å²) in [6, 6.07) is 7.59. The highest BCUT2D eigenvalue weighted by molar-refractivity contribution is 6.06. The first-order chi connectivity index (χ1) is 9.72. The molecule has 1 aliphatic heterocycles. The van der Waals surface area contributed by atoms with Crippen molar-refractivity contribution >= 4 is 23.2 Å². The largest absolute Gasteiger partial charge is 0.373 e. The molecule has 0 unspecified atom stereocenters. The van der Waals surface area contributed by atoms with Gasteiger partial charge in [-0.05, 0) is 17.2 Å². The van der Waals surface area contributed by atoms with Crippen molar-refractivity contribution in [2.45, 2.75) is 13.0 Å². The molecule has 20 heavy (non-hydrogen) atoms. The van der Waals surface area contributed by atoms with Crippen molar-refractivity contribution in [3.63, 3.8) is 0 Å². The lowest BCUT2D eigenvalue weighted by Gasteiger charge is -2.17. The average Bonchev–Trinajstić information content (AvgIpc) is 2.82. The Hall–Kier alpha value is -2.47. The number of carbonyl (C=O) groups is 1. The molecule has 2 heterocycles. The number of anilines is 3. The molecule has 1 aliphatic rings. The molecule has 6 heteroatoms. The molecular formula is C14H15N5O. The second-order valence-electron chi connectivity index (χ2n) is 4.58. The minimum atomic E-state index is 0.00919. The Morgan fingerprint density at radius 3 is 2.95 bits per heavy atom. The number of aromatic nitrogens is 2. The molecule has 0 saturated heterocycles. The lowest BCUT2D eigenvalue weighted by atomic mass is 10.1. The van der Waals surface area contributed by atoms with Crippen molar-refractivity contribution in [1.29, 1.82) is 0 Å². The Balaban J connectivity index is 2.05. The monoisotopic (exact) mass is 269 g/mol. The van der Waals surface area contributed by atoms with Crippen molar-refractivity contribution in [1.82, 2.24) is 9.97 Å². The van der Waals surface area contributed by atoms with Gasteiger partial charge in [-0.2, -0.15) is 0 Å². The van der Waals surface area contributed by atoms with Gasteiger partial charge in [-0.15, -0.1) is 0 Å². The number of rotatable bonds is 3. The normalized spacial score (nSPS) is 13.5. The summed E-state index contributed by atoms with van der Waals surface area (Å²) in [6.45, 7) is 0.471. The van der Waals surface area contributed by atoms with Gasteiger partial charge in [0.1, 0.15) is 18.0 Å². The van der Waals surface area contributed by atoms with Crippen LogP contribution in [0.5, 0.6) is 0 Å². The molecule has 0 spiro atoms. The Morgan fingerprint density at radius 1 is 1.35 bits per heavy atom. The number of hydrogen-bond acceptors (Lipinski definition) is 5. The third-order valence-corrected chi connectivity index (χ3v) is 3.35. The maximum Gasteiger partial charge on any atom is 0.237 e. The van der Waals surface area contributed by atoms with E-state index >= 15 is 0 Å². The number of carbonyl (C=O) groups excluding carboxylic acids is 1. The van der Waals surface area contributed by atoms with Crippen LogP contribution >= 0.6 is 0 Å². The second kappa shape index (κ2) is 4.90. The predicted octanol–water partition coefficient (Wildman–Crippen LogP) is 1.20. The molecule has 3 rings (SSSR count). The van der Waals surface area contributed by atoms with Gasteiger partial charge < -0.3 is 11.1 Å². The van der Waals surface area contributed by atoms with Crippen LogP contribution in [0.25, 0.3) is 0 Å². The summed E-state index contributed by atoms with van der Waals surface area (Å²) < 4.78 is 0. The van der Waals surface area contributed by atoms with Crippen LogP contribution in [-0.2, 0) is 17.8 Å². The van der Waals surface area contributed by atoms with Crippen LogP contribution in [-0.4, -0.2) is 22.9 Å². The summed E-state index contributed by atoms with van der Waals surface area (Å²) in [5.41, 5.74) is 8.52. The molecule has 0 saturated carbocycles. The Morgan fingerprint density at radius 2 is 2.20 bits per heavy atom. The lowest BCUT2D eigenvalue weighted by Crippen LogP contribution is -2.22. The van der Waals surface area contributed by atoms with Gasteiger partial charge in [0.05, 0.1) is 12.1 Å². The van der Waals surface area contributed by atoms with Gasteiger partial charge in [-0.1, -0.05) is 12.1 Å².